The molecule has 0 saturated heterocycles. The number of fused-ring (bicyclic) bond motifs is 1. The number of ketones is 1. The third kappa shape index (κ3) is 4.56. The van der Waals surface area contributed by atoms with Gasteiger partial charge in [0.2, 0.25) is 0 Å². The summed E-state index contributed by atoms with van der Waals surface area (Å²) in [6, 6.07) is 5.54. The molecule has 1 aliphatic rings. The number of benzene rings is 1. The van der Waals surface area contributed by atoms with E-state index in [1.165, 1.54) is 0 Å². The van der Waals surface area contributed by atoms with E-state index in [4.69, 9.17) is 9.84 Å². The number of carbonyl (C=O) groups is 2. The molecule has 6 heteroatoms. The first kappa shape index (κ1) is 17.0. The number of ether oxygens (including phenoxy) is 1. The van der Waals surface area contributed by atoms with E-state index < -0.39 is 6.09 Å². The number of hydrogen-bond donors (Lipinski definition) is 2. The summed E-state index contributed by atoms with van der Waals surface area (Å²) in [5, 5.41) is 11.2. The number of rotatable bonds is 5. The first-order chi connectivity index (χ1) is 11.0. The summed E-state index contributed by atoms with van der Waals surface area (Å²) in [6.45, 7) is 0.718. The smallest absolute Gasteiger partial charge is 0.404 e. The zero-order valence-corrected chi connectivity index (χ0v) is 13.4. The fourth-order valence-corrected chi connectivity index (χ4v) is 2.64. The maximum atomic E-state index is 12.4. The molecule has 1 amide bonds. The highest BCUT2D eigenvalue weighted by Crippen LogP contribution is 2.29. The lowest BCUT2D eigenvalue weighted by Crippen LogP contribution is -2.28. The van der Waals surface area contributed by atoms with E-state index in [0.717, 1.165) is 24.0 Å². The average Bonchev–Trinajstić information content (AvgIpc) is 2.72. The molecule has 1 atom stereocenters. The van der Waals surface area contributed by atoms with Crippen LogP contribution in [0.2, 0.25) is 0 Å². The van der Waals surface area contributed by atoms with Crippen LogP contribution in [-0.4, -0.2) is 49.1 Å². The van der Waals surface area contributed by atoms with Gasteiger partial charge in [-0.05, 0) is 24.0 Å². The minimum atomic E-state index is -1.08. The molecule has 6 nitrogen and oxygen atoms in total. The number of carboxylic acid groups (broad SMARTS) is 1. The maximum absolute atomic E-state index is 12.4. The second kappa shape index (κ2) is 7.78. The molecular formula is C17H22N2O4. The van der Waals surface area contributed by atoms with Gasteiger partial charge in [-0.3, -0.25) is 4.79 Å². The van der Waals surface area contributed by atoms with E-state index in [0.29, 0.717) is 12.2 Å². The van der Waals surface area contributed by atoms with E-state index in [1.807, 2.05) is 37.2 Å². The van der Waals surface area contributed by atoms with Crippen LogP contribution < -0.4 is 5.32 Å². The van der Waals surface area contributed by atoms with Gasteiger partial charge in [-0.15, -0.1) is 0 Å². The van der Waals surface area contributed by atoms with Crippen molar-refractivity contribution in [2.75, 3.05) is 27.2 Å². The topological polar surface area (TPSA) is 78.9 Å². The largest absolute Gasteiger partial charge is 0.465 e. The van der Waals surface area contributed by atoms with Gasteiger partial charge < -0.3 is 20.1 Å². The predicted molar refractivity (Wildman–Crippen MR) is 86.6 cm³/mol. The molecule has 1 aromatic carbocycles. The zero-order valence-electron chi connectivity index (χ0n) is 13.4. The molecule has 0 spiro atoms. The third-order valence-electron chi connectivity index (χ3n) is 3.68. The van der Waals surface area contributed by atoms with E-state index in [1.54, 1.807) is 12.3 Å². The minimum Gasteiger partial charge on any atom is -0.465 e. The van der Waals surface area contributed by atoms with Gasteiger partial charge in [-0.2, -0.15) is 0 Å². The summed E-state index contributed by atoms with van der Waals surface area (Å²) in [6.07, 6.45) is 3.37. The average molecular weight is 318 g/mol. The fraction of sp³-hybridized carbons (Fsp3) is 0.412. The summed E-state index contributed by atoms with van der Waals surface area (Å²) < 4.78 is 5.75. The van der Waals surface area contributed by atoms with Gasteiger partial charge in [0.1, 0.15) is 6.10 Å². The predicted octanol–water partition coefficient (Wildman–Crippen LogP) is 2.22. The molecule has 1 aromatic rings. The summed E-state index contributed by atoms with van der Waals surface area (Å²) in [5.41, 5.74) is 2.50. The fourth-order valence-electron chi connectivity index (χ4n) is 2.64. The lowest BCUT2D eigenvalue weighted by molar-refractivity contribution is 0.0563. The number of carbonyl (C=O) groups excluding carboxylic acids is 1. The van der Waals surface area contributed by atoms with Crippen LogP contribution in [0.25, 0.3) is 0 Å². The standard InChI is InChI=1S/C17H22N2O4/c1-19(2)9-8-15(20)13-5-3-6-14-12(13)7-4-10-23-16(14)11-18-17(21)22/h3,5-6,8-9,16,18H,4,7,10-11H2,1-2H3,(H,21,22)/b9-8+. The van der Waals surface area contributed by atoms with E-state index in [9.17, 15) is 9.59 Å². The number of nitrogens with zero attached hydrogens (tertiary/aromatic N) is 1. The van der Waals surface area contributed by atoms with Crippen molar-refractivity contribution in [3.63, 3.8) is 0 Å². The van der Waals surface area contributed by atoms with Crippen LogP contribution in [0.5, 0.6) is 0 Å². The normalized spacial score (nSPS) is 17.4. The monoisotopic (exact) mass is 318 g/mol. The van der Waals surface area contributed by atoms with Crippen LogP contribution in [0, 0.1) is 0 Å². The van der Waals surface area contributed by atoms with Crippen molar-refractivity contribution < 1.29 is 19.4 Å². The van der Waals surface area contributed by atoms with Gasteiger partial charge in [0.05, 0.1) is 6.54 Å². The molecule has 2 N–H and O–H groups in total. The Labute approximate surface area is 135 Å². The zero-order chi connectivity index (χ0) is 16.8. The molecule has 1 unspecified atom stereocenters. The Balaban J connectivity index is 2.32. The minimum absolute atomic E-state index is 0.0533. The molecule has 23 heavy (non-hydrogen) atoms. The van der Waals surface area contributed by atoms with Crippen LogP contribution in [0.3, 0.4) is 0 Å². The van der Waals surface area contributed by atoms with E-state index >= 15 is 0 Å². The second-order valence-corrected chi connectivity index (χ2v) is 5.67. The molecule has 124 valence electrons. The quantitative estimate of drug-likeness (QED) is 0.643. The molecule has 0 aromatic heterocycles. The summed E-state index contributed by atoms with van der Waals surface area (Å²) in [7, 11) is 3.72. The van der Waals surface area contributed by atoms with Crippen molar-refractivity contribution in [2.45, 2.75) is 18.9 Å². The number of hydrogen-bond acceptors (Lipinski definition) is 4. The lowest BCUT2D eigenvalue weighted by atomic mass is 9.92. The van der Waals surface area contributed by atoms with Crippen molar-refractivity contribution in [3.8, 4) is 0 Å². The van der Waals surface area contributed by atoms with Crippen LogP contribution >= 0.6 is 0 Å². The Morgan fingerprint density at radius 1 is 1.43 bits per heavy atom. The first-order valence-electron chi connectivity index (χ1n) is 7.58. The van der Waals surface area contributed by atoms with Crippen LogP contribution in [0.15, 0.2) is 30.5 Å². The molecule has 0 saturated carbocycles. The van der Waals surface area contributed by atoms with Crippen LogP contribution in [0.4, 0.5) is 4.79 Å². The Morgan fingerprint density at radius 3 is 2.91 bits per heavy atom. The molecule has 1 aliphatic heterocycles. The van der Waals surface area contributed by atoms with E-state index in [2.05, 4.69) is 5.32 Å². The van der Waals surface area contributed by atoms with Gasteiger partial charge in [0, 0.05) is 38.5 Å². The number of allylic oxidation sites excluding steroid dienone is 1. The van der Waals surface area contributed by atoms with Crippen molar-refractivity contribution >= 4 is 11.9 Å². The van der Waals surface area contributed by atoms with Crippen molar-refractivity contribution in [3.05, 3.63) is 47.2 Å². The number of nitrogens with one attached hydrogen (secondary N) is 1. The molecule has 0 fully saturated rings. The Bertz CT molecular complexity index is 611. The van der Waals surface area contributed by atoms with Gasteiger partial charge in [-0.1, -0.05) is 18.2 Å². The highest BCUT2D eigenvalue weighted by Gasteiger charge is 2.23. The first-order valence-corrected chi connectivity index (χ1v) is 7.58. The molecule has 0 aliphatic carbocycles. The van der Waals surface area contributed by atoms with E-state index in [-0.39, 0.29) is 18.4 Å². The highest BCUT2D eigenvalue weighted by molar-refractivity contribution is 6.05. The lowest BCUT2D eigenvalue weighted by Gasteiger charge is -2.19. The van der Waals surface area contributed by atoms with Gasteiger partial charge in [0.25, 0.3) is 0 Å². The van der Waals surface area contributed by atoms with Crippen molar-refractivity contribution in [1.82, 2.24) is 10.2 Å². The number of amides is 1. The molecule has 1 heterocycles. The maximum Gasteiger partial charge on any atom is 0.404 e. The van der Waals surface area contributed by atoms with Gasteiger partial charge in [0.15, 0.2) is 5.78 Å². The summed E-state index contributed by atoms with van der Waals surface area (Å²) in [5.74, 6) is -0.0533. The third-order valence-corrected chi connectivity index (χ3v) is 3.68. The SMILES string of the molecule is CN(C)/C=C/C(=O)c1cccc2c1CCCOC2CNC(=O)O. The Morgan fingerprint density at radius 2 is 2.22 bits per heavy atom. The molecule has 2 rings (SSSR count). The molecular weight excluding hydrogens is 296 g/mol. The molecule has 0 bridgehead atoms. The van der Waals surface area contributed by atoms with Crippen molar-refractivity contribution in [1.29, 1.82) is 0 Å². The van der Waals surface area contributed by atoms with Gasteiger partial charge in [-0.25, -0.2) is 4.79 Å². The Kier molecular flexibility index (Phi) is 5.76. The van der Waals surface area contributed by atoms with Gasteiger partial charge >= 0.3 is 6.09 Å². The second-order valence-electron chi connectivity index (χ2n) is 5.67. The summed E-state index contributed by atoms with van der Waals surface area (Å²) >= 11 is 0. The van der Waals surface area contributed by atoms with Crippen LogP contribution in [0.1, 0.15) is 34.0 Å². The van der Waals surface area contributed by atoms with Crippen LogP contribution in [-0.2, 0) is 11.2 Å². The van der Waals surface area contributed by atoms with Crippen molar-refractivity contribution in [2.24, 2.45) is 0 Å². The summed E-state index contributed by atoms with van der Waals surface area (Å²) in [4.78, 5) is 25.0. The highest BCUT2D eigenvalue weighted by atomic mass is 16.5. The Hall–Kier alpha value is -2.34. The molecule has 0 radical (unpaired) electrons.